The van der Waals surface area contributed by atoms with Gasteiger partial charge in [-0.1, -0.05) is 62.3 Å². The van der Waals surface area contributed by atoms with Crippen LogP contribution in [0.1, 0.15) is 62.3 Å². The van der Waals surface area contributed by atoms with Gasteiger partial charge < -0.3 is 23.1 Å². The molecule has 0 saturated heterocycles. The summed E-state index contributed by atoms with van der Waals surface area (Å²) in [6.07, 6.45) is 0.580. The molecule has 1 aliphatic heterocycles. The number of aliphatic hydroxyl groups is 1. The summed E-state index contributed by atoms with van der Waals surface area (Å²) in [7, 11) is -6.23. The quantitative estimate of drug-likeness (QED) is 0.362. The lowest BCUT2D eigenvalue weighted by molar-refractivity contribution is -0.106. The minimum Gasteiger partial charge on any atom is -0.481 e. The van der Waals surface area contributed by atoms with E-state index in [4.69, 9.17) is 18.0 Å². The molecule has 1 heterocycles. The van der Waals surface area contributed by atoms with Gasteiger partial charge >= 0.3 is 0 Å². The standard InChI is InChI=1S/C24H52O5Si3/c1-22(2,3)30(10,11)26-17-19-21(29-32(14,15)24(7,8)9)18(16-20(25)27-19)28-31(12,13)23(4,5)6/h16,18-19,21,25H,17H2,1-15H3/t18-,19+,21-/m0/s1. The number of aliphatic hydroxyl groups excluding tert-OH is 1. The Morgan fingerprint density at radius 1 is 0.750 bits per heavy atom. The maximum Gasteiger partial charge on any atom is 0.275 e. The lowest BCUT2D eigenvalue weighted by atomic mass is 10.1. The van der Waals surface area contributed by atoms with E-state index in [1.54, 1.807) is 6.08 Å². The highest BCUT2D eigenvalue weighted by Crippen LogP contribution is 2.43. The van der Waals surface area contributed by atoms with E-state index in [2.05, 4.69) is 102 Å². The molecule has 0 bridgehead atoms. The largest absolute Gasteiger partial charge is 0.481 e. The molecule has 0 aliphatic carbocycles. The van der Waals surface area contributed by atoms with E-state index in [-0.39, 0.29) is 33.3 Å². The van der Waals surface area contributed by atoms with Gasteiger partial charge in [-0.25, -0.2) is 0 Å². The van der Waals surface area contributed by atoms with Crippen LogP contribution >= 0.6 is 0 Å². The van der Waals surface area contributed by atoms with Gasteiger partial charge in [0.05, 0.1) is 12.7 Å². The second-order valence-corrected chi connectivity index (χ2v) is 28.2. The summed E-state index contributed by atoms with van der Waals surface area (Å²) in [4.78, 5) is 0. The number of rotatable bonds is 7. The van der Waals surface area contributed by atoms with Crippen LogP contribution in [0.25, 0.3) is 0 Å². The molecule has 0 amide bonds. The van der Waals surface area contributed by atoms with Crippen LogP contribution in [0.5, 0.6) is 0 Å². The first-order valence-electron chi connectivity index (χ1n) is 12.0. The zero-order valence-corrected chi connectivity index (χ0v) is 26.6. The van der Waals surface area contributed by atoms with Gasteiger partial charge in [-0.05, 0) is 54.4 Å². The number of hydrogen-bond donors (Lipinski definition) is 1. The molecule has 0 aromatic carbocycles. The minimum atomic E-state index is -2.13. The summed E-state index contributed by atoms with van der Waals surface area (Å²) >= 11 is 0. The lowest BCUT2D eigenvalue weighted by Crippen LogP contribution is -2.58. The first-order chi connectivity index (χ1) is 13.9. The SMILES string of the molecule is CC(C)(C)[Si](C)(C)OC[C@H]1OC(O)=C[C@H](O[Si](C)(C)C(C)(C)C)[C@@H]1O[Si](C)(C)C(C)(C)C. The van der Waals surface area contributed by atoms with Gasteiger partial charge in [0.25, 0.3) is 5.95 Å². The summed E-state index contributed by atoms with van der Waals surface area (Å²) in [5.74, 6) is -0.0902. The van der Waals surface area contributed by atoms with Crippen molar-refractivity contribution in [2.24, 2.45) is 0 Å². The fourth-order valence-corrected chi connectivity index (χ4v) is 6.19. The first kappa shape index (κ1) is 29.9. The molecule has 0 unspecified atom stereocenters. The third-order valence-electron chi connectivity index (χ3n) is 8.16. The molecule has 5 nitrogen and oxygen atoms in total. The molecule has 0 saturated carbocycles. The average Bonchev–Trinajstić information content (AvgIpc) is 2.52. The highest BCUT2D eigenvalue weighted by molar-refractivity contribution is 6.75. The molecular weight excluding hydrogens is 453 g/mol. The zero-order chi connectivity index (χ0) is 25.6. The smallest absolute Gasteiger partial charge is 0.275 e. The summed E-state index contributed by atoms with van der Waals surface area (Å²) < 4.78 is 26.2. The Hall–Kier alpha value is -0.129. The summed E-state index contributed by atoms with van der Waals surface area (Å²) in [6.45, 7) is 33.9. The Morgan fingerprint density at radius 2 is 1.16 bits per heavy atom. The van der Waals surface area contributed by atoms with Crippen molar-refractivity contribution in [3.63, 3.8) is 0 Å². The fourth-order valence-electron chi connectivity index (χ4n) is 2.62. The van der Waals surface area contributed by atoms with Gasteiger partial charge in [0.2, 0.25) is 0 Å². The maximum atomic E-state index is 10.5. The van der Waals surface area contributed by atoms with Crippen molar-refractivity contribution in [1.82, 2.24) is 0 Å². The highest BCUT2D eigenvalue weighted by atomic mass is 28.4. The topological polar surface area (TPSA) is 57.2 Å². The Labute approximate surface area is 201 Å². The van der Waals surface area contributed by atoms with Crippen LogP contribution in [0.3, 0.4) is 0 Å². The van der Waals surface area contributed by atoms with Crippen LogP contribution in [-0.2, 0) is 18.0 Å². The van der Waals surface area contributed by atoms with Gasteiger partial charge in [-0.2, -0.15) is 0 Å². The van der Waals surface area contributed by atoms with Crippen molar-refractivity contribution in [2.45, 2.75) is 135 Å². The number of hydrogen-bond acceptors (Lipinski definition) is 5. The molecule has 3 atom stereocenters. The molecule has 190 valence electrons. The normalized spacial score (nSPS) is 24.2. The molecule has 0 radical (unpaired) electrons. The number of ether oxygens (including phenoxy) is 1. The van der Waals surface area contributed by atoms with Crippen molar-refractivity contribution >= 4 is 25.0 Å². The predicted octanol–water partition coefficient (Wildman–Crippen LogP) is 7.59. The van der Waals surface area contributed by atoms with Crippen molar-refractivity contribution in [3.8, 4) is 0 Å². The van der Waals surface area contributed by atoms with E-state index in [1.807, 2.05) is 0 Å². The van der Waals surface area contributed by atoms with E-state index >= 15 is 0 Å². The Morgan fingerprint density at radius 3 is 1.56 bits per heavy atom. The van der Waals surface area contributed by atoms with E-state index < -0.39 is 31.1 Å². The molecular formula is C24H52O5Si3. The summed E-state index contributed by atoms with van der Waals surface area (Å²) in [5.41, 5.74) is 0. The average molecular weight is 505 g/mol. The van der Waals surface area contributed by atoms with E-state index in [0.29, 0.717) is 6.61 Å². The third kappa shape index (κ3) is 7.18. The van der Waals surface area contributed by atoms with E-state index in [0.717, 1.165) is 0 Å². The van der Waals surface area contributed by atoms with Gasteiger partial charge in [-0.15, -0.1) is 0 Å². The zero-order valence-electron chi connectivity index (χ0n) is 23.6. The third-order valence-corrected chi connectivity index (χ3v) is 21.6. The second kappa shape index (κ2) is 9.49. The van der Waals surface area contributed by atoms with Crippen LogP contribution in [0.4, 0.5) is 0 Å². The summed E-state index contributed by atoms with van der Waals surface area (Å²) in [6, 6.07) is 0. The molecule has 1 aliphatic rings. The van der Waals surface area contributed by atoms with Crippen LogP contribution in [0, 0.1) is 0 Å². The predicted molar refractivity (Wildman–Crippen MR) is 143 cm³/mol. The van der Waals surface area contributed by atoms with Crippen LogP contribution in [0.15, 0.2) is 12.0 Å². The van der Waals surface area contributed by atoms with Crippen LogP contribution in [-0.4, -0.2) is 55.0 Å². The van der Waals surface area contributed by atoms with Gasteiger partial charge in [0.15, 0.2) is 31.1 Å². The molecule has 32 heavy (non-hydrogen) atoms. The van der Waals surface area contributed by atoms with Gasteiger partial charge in [0, 0.05) is 6.08 Å². The monoisotopic (exact) mass is 504 g/mol. The Balaban J connectivity index is 3.33. The fraction of sp³-hybridized carbons (Fsp3) is 0.917. The van der Waals surface area contributed by atoms with Crippen molar-refractivity contribution in [1.29, 1.82) is 0 Å². The van der Waals surface area contributed by atoms with E-state index in [9.17, 15) is 5.11 Å². The molecule has 0 spiro atoms. The van der Waals surface area contributed by atoms with Gasteiger partial charge in [-0.3, -0.25) is 0 Å². The highest BCUT2D eigenvalue weighted by Gasteiger charge is 2.49. The molecule has 1 N–H and O–H groups in total. The first-order valence-corrected chi connectivity index (χ1v) is 20.7. The molecule has 0 aromatic heterocycles. The Kier molecular flexibility index (Phi) is 8.87. The van der Waals surface area contributed by atoms with E-state index in [1.165, 1.54) is 0 Å². The molecule has 0 fully saturated rings. The van der Waals surface area contributed by atoms with Crippen molar-refractivity contribution < 1.29 is 23.1 Å². The Bertz CT molecular complexity index is 667. The van der Waals surface area contributed by atoms with Crippen molar-refractivity contribution in [2.75, 3.05) is 6.61 Å². The van der Waals surface area contributed by atoms with Crippen LogP contribution < -0.4 is 0 Å². The lowest BCUT2D eigenvalue weighted by Gasteiger charge is -2.48. The second-order valence-electron chi connectivity index (χ2n) is 13.9. The van der Waals surface area contributed by atoms with Crippen LogP contribution in [0.2, 0.25) is 54.4 Å². The molecule has 0 aromatic rings. The minimum absolute atomic E-state index is 0.0442. The molecule has 8 heteroatoms. The summed E-state index contributed by atoms with van der Waals surface area (Å²) in [5, 5.41) is 10.7. The maximum absolute atomic E-state index is 10.5. The molecule has 1 rings (SSSR count). The van der Waals surface area contributed by atoms with Gasteiger partial charge in [0.1, 0.15) is 6.10 Å². The van der Waals surface area contributed by atoms with Crippen molar-refractivity contribution in [3.05, 3.63) is 12.0 Å².